The fourth-order valence-electron chi connectivity index (χ4n) is 2.04. The van der Waals surface area contributed by atoms with Crippen LogP contribution in [0.4, 0.5) is 5.69 Å². The van der Waals surface area contributed by atoms with Crippen LogP contribution in [-0.2, 0) is 14.8 Å². The summed E-state index contributed by atoms with van der Waals surface area (Å²) in [6, 6.07) is 3.60. The van der Waals surface area contributed by atoms with Crippen molar-refractivity contribution in [2.75, 3.05) is 12.3 Å². The predicted octanol–water partition coefficient (Wildman–Crippen LogP) is 0.833. The maximum atomic E-state index is 12.3. The summed E-state index contributed by atoms with van der Waals surface area (Å²) in [6.07, 6.45) is 2.16. The molecule has 0 radical (unpaired) electrons. The maximum absolute atomic E-state index is 12.3. The van der Waals surface area contributed by atoms with E-state index >= 15 is 0 Å². The topological polar surface area (TPSA) is 101 Å². The average Bonchev–Trinajstić information content (AvgIpc) is 3.17. The van der Waals surface area contributed by atoms with E-state index in [-0.39, 0.29) is 29.8 Å². The molecule has 1 saturated carbocycles. The van der Waals surface area contributed by atoms with Crippen molar-refractivity contribution in [1.29, 1.82) is 0 Å². The number of nitrogens with one attached hydrogen (secondary N) is 2. The number of hydrogen-bond acceptors (Lipinski definition) is 4. The van der Waals surface area contributed by atoms with Crippen LogP contribution in [0.3, 0.4) is 0 Å². The second-order valence-corrected chi connectivity index (χ2v) is 7.20. The van der Waals surface area contributed by atoms with E-state index in [0.717, 1.165) is 18.4 Å². The molecule has 0 bridgehead atoms. The summed E-state index contributed by atoms with van der Waals surface area (Å²) in [5, 5.41) is 2.82. The minimum Gasteiger partial charge on any atom is -0.398 e. The lowest BCUT2D eigenvalue weighted by Gasteiger charge is -2.12. The Morgan fingerprint density at radius 3 is 2.62 bits per heavy atom. The number of amides is 1. The van der Waals surface area contributed by atoms with E-state index in [1.54, 1.807) is 26.0 Å². The van der Waals surface area contributed by atoms with Gasteiger partial charge >= 0.3 is 0 Å². The van der Waals surface area contributed by atoms with Crippen LogP contribution < -0.4 is 15.8 Å². The third-order valence-corrected chi connectivity index (χ3v) is 5.01. The third kappa shape index (κ3) is 4.18. The molecule has 0 heterocycles. The van der Waals surface area contributed by atoms with E-state index in [0.29, 0.717) is 11.3 Å². The van der Waals surface area contributed by atoms with Crippen LogP contribution >= 0.6 is 0 Å². The van der Waals surface area contributed by atoms with Crippen molar-refractivity contribution in [2.45, 2.75) is 44.0 Å². The molecule has 1 amide bonds. The molecular weight excluding hydrogens is 290 g/mol. The van der Waals surface area contributed by atoms with Gasteiger partial charge in [-0.05, 0) is 49.9 Å². The number of benzene rings is 1. The molecule has 0 saturated heterocycles. The maximum Gasteiger partial charge on any atom is 0.240 e. The van der Waals surface area contributed by atoms with Crippen LogP contribution in [0, 0.1) is 13.8 Å². The van der Waals surface area contributed by atoms with Crippen LogP contribution in [0.25, 0.3) is 0 Å². The molecule has 1 aromatic carbocycles. The molecule has 2 rings (SSSR count). The Kier molecular flexibility index (Phi) is 4.53. The van der Waals surface area contributed by atoms with Crippen molar-refractivity contribution < 1.29 is 13.2 Å². The van der Waals surface area contributed by atoms with E-state index in [9.17, 15) is 13.2 Å². The zero-order valence-corrected chi connectivity index (χ0v) is 13.1. The summed E-state index contributed by atoms with van der Waals surface area (Å²) in [4.78, 5) is 11.7. The highest BCUT2D eigenvalue weighted by Gasteiger charge is 2.23. The van der Waals surface area contributed by atoms with Gasteiger partial charge in [-0.25, -0.2) is 13.1 Å². The summed E-state index contributed by atoms with van der Waals surface area (Å²) in [6.45, 7) is 3.54. The molecule has 1 fully saturated rings. The van der Waals surface area contributed by atoms with Crippen molar-refractivity contribution in [3.05, 3.63) is 23.3 Å². The van der Waals surface area contributed by atoms with E-state index in [2.05, 4.69) is 10.0 Å². The van der Waals surface area contributed by atoms with Crippen LogP contribution in [-0.4, -0.2) is 26.9 Å². The number of hydrogen-bond donors (Lipinski definition) is 3. The zero-order valence-electron chi connectivity index (χ0n) is 12.3. The second-order valence-electron chi connectivity index (χ2n) is 5.47. The van der Waals surface area contributed by atoms with Crippen LogP contribution in [0.5, 0.6) is 0 Å². The predicted molar refractivity (Wildman–Crippen MR) is 81.3 cm³/mol. The van der Waals surface area contributed by atoms with Gasteiger partial charge in [0.2, 0.25) is 15.9 Å². The molecular formula is C14H21N3O3S. The van der Waals surface area contributed by atoms with Crippen molar-refractivity contribution >= 4 is 21.6 Å². The molecule has 21 heavy (non-hydrogen) atoms. The fraction of sp³-hybridized carbons (Fsp3) is 0.500. The molecule has 1 aromatic rings. The highest BCUT2D eigenvalue weighted by Crippen LogP contribution is 2.23. The first-order valence-electron chi connectivity index (χ1n) is 6.95. The first-order chi connectivity index (χ1) is 9.79. The van der Waals surface area contributed by atoms with Gasteiger partial charge in [0.1, 0.15) is 0 Å². The standard InChI is InChI=1S/C14H21N3O3S/c1-9-7-12(15)10(2)13(8-9)21(19,20)16-6-5-14(18)17-11-3-4-11/h7-8,11,16H,3-6,15H2,1-2H3,(H,17,18). The molecule has 7 heteroatoms. The van der Waals surface area contributed by atoms with Gasteiger partial charge in [-0.1, -0.05) is 0 Å². The Morgan fingerprint density at radius 1 is 1.33 bits per heavy atom. The Labute approximate surface area is 125 Å². The minimum absolute atomic E-state index is 0.0776. The molecule has 116 valence electrons. The van der Waals surface area contributed by atoms with Crippen molar-refractivity contribution in [3.63, 3.8) is 0 Å². The summed E-state index contributed by atoms with van der Waals surface area (Å²) in [5.41, 5.74) is 7.55. The van der Waals surface area contributed by atoms with Crippen LogP contribution in [0.1, 0.15) is 30.4 Å². The SMILES string of the molecule is Cc1cc(N)c(C)c(S(=O)(=O)NCCC(=O)NC2CC2)c1. The lowest BCUT2D eigenvalue weighted by molar-refractivity contribution is -0.121. The van der Waals surface area contributed by atoms with Gasteiger partial charge in [-0.3, -0.25) is 4.79 Å². The molecule has 0 unspecified atom stereocenters. The molecule has 6 nitrogen and oxygen atoms in total. The molecule has 0 aromatic heterocycles. The largest absolute Gasteiger partial charge is 0.398 e. The monoisotopic (exact) mass is 311 g/mol. The molecule has 0 spiro atoms. The number of carbonyl (C=O) groups excluding carboxylic acids is 1. The van der Waals surface area contributed by atoms with Gasteiger partial charge in [0, 0.05) is 24.7 Å². The third-order valence-electron chi connectivity index (χ3n) is 3.42. The van der Waals surface area contributed by atoms with Crippen molar-refractivity contribution in [2.24, 2.45) is 0 Å². The lowest BCUT2D eigenvalue weighted by atomic mass is 10.1. The summed E-state index contributed by atoms with van der Waals surface area (Å²) < 4.78 is 27.0. The van der Waals surface area contributed by atoms with Gasteiger partial charge in [-0.2, -0.15) is 0 Å². The van der Waals surface area contributed by atoms with E-state index < -0.39 is 10.0 Å². The number of sulfonamides is 1. The highest BCUT2D eigenvalue weighted by atomic mass is 32.2. The molecule has 4 N–H and O–H groups in total. The van der Waals surface area contributed by atoms with Crippen molar-refractivity contribution in [3.8, 4) is 0 Å². The van der Waals surface area contributed by atoms with E-state index in [1.165, 1.54) is 0 Å². The van der Waals surface area contributed by atoms with Gasteiger partial charge in [-0.15, -0.1) is 0 Å². The molecule has 0 atom stereocenters. The Bertz CT molecular complexity index is 652. The van der Waals surface area contributed by atoms with Crippen LogP contribution in [0.15, 0.2) is 17.0 Å². The van der Waals surface area contributed by atoms with Gasteiger partial charge in [0.05, 0.1) is 4.90 Å². The minimum atomic E-state index is -3.65. The highest BCUT2D eigenvalue weighted by molar-refractivity contribution is 7.89. The summed E-state index contributed by atoms with van der Waals surface area (Å²) in [7, 11) is -3.65. The lowest BCUT2D eigenvalue weighted by Crippen LogP contribution is -2.32. The van der Waals surface area contributed by atoms with Crippen molar-refractivity contribution in [1.82, 2.24) is 10.0 Å². The number of anilines is 1. The Hall–Kier alpha value is -1.60. The number of aryl methyl sites for hydroxylation is 1. The number of rotatable bonds is 6. The smallest absolute Gasteiger partial charge is 0.240 e. The summed E-state index contributed by atoms with van der Waals surface area (Å²) in [5.74, 6) is -0.124. The Morgan fingerprint density at radius 2 is 2.00 bits per heavy atom. The fourth-order valence-corrected chi connectivity index (χ4v) is 3.42. The van der Waals surface area contributed by atoms with Gasteiger partial charge in [0.15, 0.2) is 0 Å². The van der Waals surface area contributed by atoms with Crippen LogP contribution in [0.2, 0.25) is 0 Å². The normalized spacial score (nSPS) is 15.0. The number of carbonyl (C=O) groups is 1. The second kappa shape index (κ2) is 6.03. The number of nitrogens with two attached hydrogens (primary N) is 1. The molecule has 0 aliphatic heterocycles. The molecule has 1 aliphatic rings. The Balaban J connectivity index is 1.99. The first kappa shape index (κ1) is 15.8. The first-order valence-corrected chi connectivity index (χ1v) is 8.43. The van der Waals surface area contributed by atoms with Gasteiger partial charge < -0.3 is 11.1 Å². The van der Waals surface area contributed by atoms with Gasteiger partial charge in [0.25, 0.3) is 0 Å². The molecule has 1 aliphatic carbocycles. The average molecular weight is 311 g/mol. The zero-order chi connectivity index (χ0) is 15.6. The van der Waals surface area contributed by atoms with E-state index in [1.807, 2.05) is 0 Å². The van der Waals surface area contributed by atoms with E-state index in [4.69, 9.17) is 5.73 Å². The quantitative estimate of drug-likeness (QED) is 0.677. The summed E-state index contributed by atoms with van der Waals surface area (Å²) >= 11 is 0. The number of nitrogen functional groups attached to an aromatic ring is 1.